The van der Waals surface area contributed by atoms with Gasteiger partial charge in [0, 0.05) is 7.11 Å². The molecule has 11 heavy (non-hydrogen) atoms. The quantitative estimate of drug-likeness (QED) is 0.580. The first-order chi connectivity index (χ1) is 5.21. The van der Waals surface area contributed by atoms with E-state index in [2.05, 4.69) is 5.32 Å². The van der Waals surface area contributed by atoms with Gasteiger partial charge in [-0.2, -0.15) is 0 Å². The second-order valence-corrected chi connectivity index (χ2v) is 3.25. The van der Waals surface area contributed by atoms with Crippen LogP contribution in [0.4, 0.5) is 0 Å². The molecule has 0 amide bonds. The summed E-state index contributed by atoms with van der Waals surface area (Å²) in [6.45, 7) is 1.87. The maximum atomic E-state index is 5.59. The normalized spacial score (nSPS) is 23.0. The summed E-state index contributed by atoms with van der Waals surface area (Å²) in [6, 6.07) is 0. The first kappa shape index (κ1) is 8.90. The van der Waals surface area contributed by atoms with Gasteiger partial charge in [-0.25, -0.2) is 0 Å². The molecule has 3 nitrogen and oxygen atoms in total. The van der Waals surface area contributed by atoms with E-state index in [1.54, 1.807) is 7.11 Å². The summed E-state index contributed by atoms with van der Waals surface area (Å²) in [4.78, 5) is 0.488. The Morgan fingerprint density at radius 2 is 2.09 bits per heavy atom. The van der Waals surface area contributed by atoms with Gasteiger partial charge < -0.3 is 15.8 Å². The smallest absolute Gasteiger partial charge is 0.120 e. The highest BCUT2D eigenvalue weighted by Crippen LogP contribution is 2.22. The van der Waals surface area contributed by atoms with E-state index in [1.165, 1.54) is 0 Å². The summed E-state index contributed by atoms with van der Waals surface area (Å²) >= 11 is 4.95. The molecule has 0 aromatic heterocycles. The third kappa shape index (κ3) is 1.69. The van der Waals surface area contributed by atoms with Gasteiger partial charge in [0.05, 0.1) is 0 Å². The average molecular weight is 174 g/mol. The van der Waals surface area contributed by atoms with Crippen molar-refractivity contribution < 1.29 is 4.74 Å². The highest BCUT2D eigenvalue weighted by molar-refractivity contribution is 7.80. The van der Waals surface area contributed by atoms with Crippen molar-refractivity contribution in [2.45, 2.75) is 18.4 Å². The van der Waals surface area contributed by atoms with Gasteiger partial charge in [-0.05, 0) is 25.9 Å². The molecule has 1 aliphatic heterocycles. The number of hydrogen-bond donors (Lipinski definition) is 2. The number of nitrogens with two attached hydrogens (primary N) is 1. The molecule has 0 aromatic rings. The molecule has 0 saturated carbocycles. The minimum atomic E-state index is -0.333. The van der Waals surface area contributed by atoms with E-state index in [4.69, 9.17) is 22.7 Å². The van der Waals surface area contributed by atoms with Crippen molar-refractivity contribution in [2.75, 3.05) is 20.2 Å². The zero-order chi connectivity index (χ0) is 8.32. The Morgan fingerprint density at radius 3 is 2.36 bits per heavy atom. The van der Waals surface area contributed by atoms with Gasteiger partial charge >= 0.3 is 0 Å². The molecule has 1 aliphatic rings. The van der Waals surface area contributed by atoms with Crippen LogP contribution in [0.1, 0.15) is 12.8 Å². The van der Waals surface area contributed by atoms with E-state index in [1.807, 2.05) is 0 Å². The monoisotopic (exact) mass is 174 g/mol. The van der Waals surface area contributed by atoms with Gasteiger partial charge in [0.1, 0.15) is 10.6 Å². The molecule has 4 heteroatoms. The van der Waals surface area contributed by atoms with Gasteiger partial charge in [0.2, 0.25) is 0 Å². The van der Waals surface area contributed by atoms with Crippen molar-refractivity contribution in [3.63, 3.8) is 0 Å². The molecule has 0 atom stereocenters. The van der Waals surface area contributed by atoms with E-state index in [0.717, 1.165) is 25.9 Å². The molecule has 64 valence electrons. The maximum Gasteiger partial charge on any atom is 0.120 e. The van der Waals surface area contributed by atoms with E-state index in [9.17, 15) is 0 Å². The Hall–Kier alpha value is -0.190. The van der Waals surface area contributed by atoms with Gasteiger partial charge in [-0.1, -0.05) is 12.2 Å². The fraction of sp³-hybridized carbons (Fsp3) is 0.857. The van der Waals surface area contributed by atoms with E-state index in [-0.39, 0.29) is 5.60 Å². The second kappa shape index (κ2) is 3.47. The van der Waals surface area contributed by atoms with E-state index >= 15 is 0 Å². The lowest BCUT2D eigenvalue weighted by Gasteiger charge is -2.35. The van der Waals surface area contributed by atoms with Crippen molar-refractivity contribution in [2.24, 2.45) is 5.73 Å². The second-order valence-electron chi connectivity index (χ2n) is 2.81. The predicted molar refractivity (Wildman–Crippen MR) is 48.6 cm³/mol. The van der Waals surface area contributed by atoms with Crippen molar-refractivity contribution in [1.29, 1.82) is 0 Å². The Bertz CT molecular complexity index is 155. The standard InChI is InChI=1S/C7H14N2OS/c1-10-7(6(8)11)2-4-9-5-3-7/h9H,2-5H2,1H3,(H2,8,11). The Labute approximate surface area is 72.3 Å². The molecule has 0 spiro atoms. The Balaban J connectivity index is 2.64. The molecule has 1 fully saturated rings. The first-order valence-electron chi connectivity index (χ1n) is 3.77. The van der Waals surface area contributed by atoms with Gasteiger partial charge in [0.15, 0.2) is 0 Å². The fourth-order valence-corrected chi connectivity index (χ4v) is 1.67. The van der Waals surface area contributed by atoms with Crippen LogP contribution in [0.3, 0.4) is 0 Å². The highest BCUT2D eigenvalue weighted by atomic mass is 32.1. The zero-order valence-electron chi connectivity index (χ0n) is 6.72. The third-order valence-electron chi connectivity index (χ3n) is 2.25. The largest absolute Gasteiger partial charge is 0.391 e. The van der Waals surface area contributed by atoms with Crippen molar-refractivity contribution in [1.82, 2.24) is 5.32 Å². The molecule has 0 radical (unpaired) electrons. The number of nitrogens with one attached hydrogen (secondary N) is 1. The van der Waals surface area contributed by atoms with Crippen molar-refractivity contribution >= 4 is 17.2 Å². The van der Waals surface area contributed by atoms with Crippen molar-refractivity contribution in [3.8, 4) is 0 Å². The number of rotatable bonds is 2. The number of thiocarbonyl (C=S) groups is 1. The number of methoxy groups -OCH3 is 1. The van der Waals surface area contributed by atoms with E-state index < -0.39 is 0 Å². The topological polar surface area (TPSA) is 47.3 Å². The molecule has 0 bridgehead atoms. The Kier molecular flexibility index (Phi) is 2.81. The first-order valence-corrected chi connectivity index (χ1v) is 4.18. The minimum Gasteiger partial charge on any atom is -0.391 e. The third-order valence-corrected chi connectivity index (χ3v) is 2.62. The molecule has 1 rings (SSSR count). The summed E-state index contributed by atoms with van der Waals surface area (Å²) in [7, 11) is 1.67. The lowest BCUT2D eigenvalue weighted by atomic mass is 9.92. The van der Waals surface area contributed by atoms with Gasteiger partial charge in [-0.3, -0.25) is 0 Å². The minimum absolute atomic E-state index is 0.333. The van der Waals surface area contributed by atoms with Gasteiger partial charge in [-0.15, -0.1) is 0 Å². The van der Waals surface area contributed by atoms with Crippen molar-refractivity contribution in [3.05, 3.63) is 0 Å². The van der Waals surface area contributed by atoms with Crippen LogP contribution in [-0.4, -0.2) is 30.8 Å². The summed E-state index contributed by atoms with van der Waals surface area (Å²) in [5.41, 5.74) is 5.26. The molecular weight excluding hydrogens is 160 g/mol. The van der Waals surface area contributed by atoms with Crippen LogP contribution in [0.25, 0.3) is 0 Å². The van der Waals surface area contributed by atoms with Crippen LogP contribution in [0, 0.1) is 0 Å². The summed E-state index contributed by atoms with van der Waals surface area (Å²) < 4.78 is 5.33. The average Bonchev–Trinajstić information content (AvgIpc) is 2.05. The maximum absolute atomic E-state index is 5.59. The zero-order valence-corrected chi connectivity index (χ0v) is 7.54. The van der Waals surface area contributed by atoms with Crippen LogP contribution in [-0.2, 0) is 4.74 Å². The molecule has 0 unspecified atom stereocenters. The van der Waals surface area contributed by atoms with Crippen LogP contribution in [0.5, 0.6) is 0 Å². The van der Waals surface area contributed by atoms with Crippen LogP contribution in [0.2, 0.25) is 0 Å². The highest BCUT2D eigenvalue weighted by Gasteiger charge is 2.34. The van der Waals surface area contributed by atoms with Crippen LogP contribution in [0.15, 0.2) is 0 Å². The number of hydrogen-bond acceptors (Lipinski definition) is 3. The number of piperidine rings is 1. The Morgan fingerprint density at radius 1 is 1.55 bits per heavy atom. The molecular formula is C7H14N2OS. The molecule has 0 aliphatic carbocycles. The SMILES string of the molecule is COC1(C(N)=S)CCNCC1. The molecule has 1 heterocycles. The molecule has 1 saturated heterocycles. The fourth-order valence-electron chi connectivity index (χ4n) is 1.38. The molecule has 3 N–H and O–H groups in total. The lowest BCUT2D eigenvalue weighted by Crippen LogP contribution is -2.51. The number of ether oxygens (including phenoxy) is 1. The van der Waals surface area contributed by atoms with Crippen LogP contribution >= 0.6 is 12.2 Å². The van der Waals surface area contributed by atoms with E-state index in [0.29, 0.717) is 4.99 Å². The summed E-state index contributed by atoms with van der Waals surface area (Å²) in [5.74, 6) is 0. The molecule has 0 aromatic carbocycles. The lowest BCUT2D eigenvalue weighted by molar-refractivity contribution is 0.0258. The van der Waals surface area contributed by atoms with Crippen LogP contribution < -0.4 is 11.1 Å². The summed E-state index contributed by atoms with van der Waals surface area (Å²) in [5, 5.41) is 3.23. The van der Waals surface area contributed by atoms with Gasteiger partial charge in [0.25, 0.3) is 0 Å². The predicted octanol–water partition coefficient (Wildman–Crippen LogP) is 0.0411. The summed E-state index contributed by atoms with van der Waals surface area (Å²) in [6.07, 6.45) is 1.78.